The van der Waals surface area contributed by atoms with Crippen LogP contribution in [0.5, 0.6) is 11.5 Å². The molecule has 0 aromatic heterocycles. The lowest BCUT2D eigenvalue weighted by atomic mass is 9.93. The van der Waals surface area contributed by atoms with Crippen molar-refractivity contribution < 1.29 is 17.9 Å². The molecular formula is C24H25NO4S. The van der Waals surface area contributed by atoms with Crippen molar-refractivity contribution in [1.29, 1.82) is 0 Å². The maximum atomic E-state index is 13.4. The van der Waals surface area contributed by atoms with E-state index >= 15 is 0 Å². The molecule has 0 saturated carbocycles. The van der Waals surface area contributed by atoms with Gasteiger partial charge in [-0.05, 0) is 48.2 Å². The van der Waals surface area contributed by atoms with E-state index in [2.05, 4.69) is 4.72 Å². The molecule has 0 atom stereocenters. The second kappa shape index (κ2) is 8.50. The molecular weight excluding hydrogens is 398 g/mol. The summed E-state index contributed by atoms with van der Waals surface area (Å²) in [6, 6.07) is 19.9. The van der Waals surface area contributed by atoms with E-state index in [9.17, 15) is 8.42 Å². The second-order valence-corrected chi connectivity index (χ2v) is 9.14. The standard InChI is InChI=1S/C24H25NO4S/c1-17-8-3-5-10-20(17)24(21-11-6-4-9-18(21)2)25-30(26,27)19-12-13-22-23(16-19)29-15-7-14-28-22/h3-6,8-13,16,24-25H,7,14-15H2,1-2H3. The molecule has 0 saturated heterocycles. The zero-order valence-electron chi connectivity index (χ0n) is 17.1. The number of hydrogen-bond donors (Lipinski definition) is 1. The molecule has 1 aliphatic rings. The van der Waals surface area contributed by atoms with Crippen molar-refractivity contribution in [2.45, 2.75) is 31.2 Å². The lowest BCUT2D eigenvalue weighted by Crippen LogP contribution is -2.30. The monoisotopic (exact) mass is 423 g/mol. The third kappa shape index (κ3) is 4.20. The molecule has 156 valence electrons. The summed E-state index contributed by atoms with van der Waals surface area (Å²) in [6.07, 6.45) is 0.762. The molecule has 0 radical (unpaired) electrons. The SMILES string of the molecule is Cc1ccccc1C(NS(=O)(=O)c1ccc2c(c1)OCCCO2)c1ccccc1C. The minimum absolute atomic E-state index is 0.152. The van der Waals surface area contributed by atoms with Crippen molar-refractivity contribution in [3.63, 3.8) is 0 Å². The highest BCUT2D eigenvalue weighted by molar-refractivity contribution is 7.89. The molecule has 5 nitrogen and oxygen atoms in total. The highest BCUT2D eigenvalue weighted by atomic mass is 32.2. The zero-order valence-corrected chi connectivity index (χ0v) is 17.9. The van der Waals surface area contributed by atoms with Gasteiger partial charge in [0.2, 0.25) is 10.0 Å². The summed E-state index contributed by atoms with van der Waals surface area (Å²) in [5.74, 6) is 1.03. The van der Waals surface area contributed by atoms with Crippen LogP contribution in [-0.2, 0) is 10.0 Å². The van der Waals surface area contributed by atoms with Crippen molar-refractivity contribution in [2.24, 2.45) is 0 Å². The smallest absolute Gasteiger partial charge is 0.241 e. The van der Waals surface area contributed by atoms with E-state index in [1.807, 2.05) is 62.4 Å². The summed E-state index contributed by atoms with van der Waals surface area (Å²) >= 11 is 0. The Hall–Kier alpha value is -2.83. The Morgan fingerprint density at radius 2 is 1.37 bits per heavy atom. The average molecular weight is 424 g/mol. The molecule has 0 amide bonds. The van der Waals surface area contributed by atoms with Crippen molar-refractivity contribution in [1.82, 2.24) is 4.72 Å². The third-order valence-corrected chi connectivity index (χ3v) is 6.72. The van der Waals surface area contributed by atoms with Gasteiger partial charge in [-0.3, -0.25) is 0 Å². The fraction of sp³-hybridized carbons (Fsp3) is 0.250. The predicted molar refractivity (Wildman–Crippen MR) is 117 cm³/mol. The van der Waals surface area contributed by atoms with Gasteiger partial charge in [-0.1, -0.05) is 48.5 Å². The Labute approximate surface area is 177 Å². The maximum absolute atomic E-state index is 13.4. The minimum atomic E-state index is -3.82. The van der Waals surface area contributed by atoms with Crippen LogP contribution in [0.15, 0.2) is 71.6 Å². The molecule has 0 unspecified atom stereocenters. The summed E-state index contributed by atoms with van der Waals surface area (Å²) in [5.41, 5.74) is 3.88. The topological polar surface area (TPSA) is 64.6 Å². The molecule has 1 aliphatic heterocycles. The second-order valence-electron chi connectivity index (χ2n) is 7.43. The van der Waals surface area contributed by atoms with Gasteiger partial charge in [0.1, 0.15) is 0 Å². The number of nitrogens with one attached hydrogen (secondary N) is 1. The van der Waals surface area contributed by atoms with E-state index < -0.39 is 16.1 Å². The van der Waals surface area contributed by atoms with Gasteiger partial charge < -0.3 is 9.47 Å². The van der Waals surface area contributed by atoms with Gasteiger partial charge in [0.15, 0.2) is 11.5 Å². The summed E-state index contributed by atoms with van der Waals surface area (Å²) in [6.45, 7) is 5.03. The van der Waals surface area contributed by atoms with E-state index in [1.165, 1.54) is 6.07 Å². The van der Waals surface area contributed by atoms with Crippen LogP contribution < -0.4 is 14.2 Å². The van der Waals surface area contributed by atoms with Gasteiger partial charge in [0, 0.05) is 12.5 Å². The third-order valence-electron chi connectivity index (χ3n) is 5.30. The van der Waals surface area contributed by atoms with Gasteiger partial charge in [-0.2, -0.15) is 4.72 Å². The fourth-order valence-corrected chi connectivity index (χ4v) is 4.86. The molecule has 0 aliphatic carbocycles. The van der Waals surface area contributed by atoms with Crippen molar-refractivity contribution in [2.75, 3.05) is 13.2 Å². The van der Waals surface area contributed by atoms with Crippen molar-refractivity contribution in [3.05, 3.63) is 89.0 Å². The Morgan fingerprint density at radius 1 is 0.800 bits per heavy atom. The largest absolute Gasteiger partial charge is 0.490 e. The molecule has 4 rings (SSSR count). The first-order chi connectivity index (χ1) is 14.5. The molecule has 30 heavy (non-hydrogen) atoms. The van der Waals surface area contributed by atoms with E-state index in [0.29, 0.717) is 24.7 Å². The molecule has 0 bridgehead atoms. The summed E-state index contributed by atoms with van der Waals surface area (Å²) in [5, 5.41) is 0. The summed E-state index contributed by atoms with van der Waals surface area (Å²) in [4.78, 5) is 0.152. The Balaban J connectivity index is 1.75. The van der Waals surface area contributed by atoms with Crippen LogP contribution in [0.1, 0.15) is 34.7 Å². The van der Waals surface area contributed by atoms with E-state index in [4.69, 9.17) is 9.47 Å². The lowest BCUT2D eigenvalue weighted by molar-refractivity contribution is 0.297. The normalized spacial score (nSPS) is 13.8. The number of ether oxygens (including phenoxy) is 2. The van der Waals surface area contributed by atoms with Crippen LogP contribution in [0.3, 0.4) is 0 Å². The van der Waals surface area contributed by atoms with Crippen LogP contribution >= 0.6 is 0 Å². The van der Waals surface area contributed by atoms with Crippen LogP contribution in [0.2, 0.25) is 0 Å². The lowest BCUT2D eigenvalue weighted by Gasteiger charge is -2.23. The van der Waals surface area contributed by atoms with Gasteiger partial charge in [-0.15, -0.1) is 0 Å². The molecule has 3 aromatic rings. The fourth-order valence-electron chi connectivity index (χ4n) is 3.65. The van der Waals surface area contributed by atoms with E-state index in [0.717, 1.165) is 28.7 Å². The van der Waals surface area contributed by atoms with Gasteiger partial charge in [-0.25, -0.2) is 8.42 Å². The Kier molecular flexibility index (Phi) is 5.79. The Bertz CT molecular complexity index is 1110. The first kappa shape index (κ1) is 20.4. The van der Waals surface area contributed by atoms with Gasteiger partial charge in [0.25, 0.3) is 0 Å². The molecule has 0 fully saturated rings. The first-order valence-electron chi connectivity index (χ1n) is 9.99. The van der Waals surface area contributed by atoms with Crippen LogP contribution in [0, 0.1) is 13.8 Å². The Morgan fingerprint density at radius 3 is 1.97 bits per heavy atom. The van der Waals surface area contributed by atoms with Crippen molar-refractivity contribution >= 4 is 10.0 Å². The number of aryl methyl sites for hydroxylation is 2. The van der Waals surface area contributed by atoms with Crippen LogP contribution in [0.4, 0.5) is 0 Å². The zero-order chi connectivity index (χ0) is 21.1. The number of benzene rings is 3. The van der Waals surface area contributed by atoms with Crippen molar-refractivity contribution in [3.8, 4) is 11.5 Å². The molecule has 0 spiro atoms. The minimum Gasteiger partial charge on any atom is -0.490 e. The highest BCUT2D eigenvalue weighted by Crippen LogP contribution is 2.34. The van der Waals surface area contributed by atoms with Gasteiger partial charge >= 0.3 is 0 Å². The number of rotatable bonds is 5. The van der Waals surface area contributed by atoms with E-state index in [1.54, 1.807) is 12.1 Å². The number of fused-ring (bicyclic) bond motifs is 1. The molecule has 6 heteroatoms. The first-order valence-corrected chi connectivity index (χ1v) is 11.5. The maximum Gasteiger partial charge on any atom is 0.241 e. The van der Waals surface area contributed by atoms with Crippen LogP contribution in [-0.4, -0.2) is 21.6 Å². The van der Waals surface area contributed by atoms with Gasteiger partial charge in [0.05, 0.1) is 24.2 Å². The number of hydrogen-bond acceptors (Lipinski definition) is 4. The quantitative estimate of drug-likeness (QED) is 0.655. The highest BCUT2D eigenvalue weighted by Gasteiger charge is 2.26. The van der Waals surface area contributed by atoms with Crippen LogP contribution in [0.25, 0.3) is 0 Å². The number of sulfonamides is 1. The molecule has 1 N–H and O–H groups in total. The average Bonchev–Trinajstić information content (AvgIpc) is 2.98. The van der Waals surface area contributed by atoms with E-state index in [-0.39, 0.29) is 4.90 Å². The predicted octanol–water partition coefficient (Wildman–Crippen LogP) is 4.53. The summed E-state index contributed by atoms with van der Waals surface area (Å²) in [7, 11) is -3.82. The summed E-state index contributed by atoms with van der Waals surface area (Å²) < 4.78 is 41.0. The molecule has 3 aromatic carbocycles. The molecule has 1 heterocycles.